The van der Waals surface area contributed by atoms with E-state index in [1.54, 1.807) is 7.11 Å². The van der Waals surface area contributed by atoms with Gasteiger partial charge in [-0.1, -0.05) is 24.3 Å². The van der Waals surface area contributed by atoms with Gasteiger partial charge in [-0.15, -0.1) is 0 Å². The van der Waals surface area contributed by atoms with E-state index in [1.807, 2.05) is 31.2 Å². The number of hydrogen-bond donors (Lipinski definition) is 2. The first-order valence-corrected chi connectivity index (χ1v) is 5.37. The molecule has 0 atom stereocenters. The number of nitrogens with one attached hydrogen (secondary N) is 1. The molecule has 88 valence electrons. The standard InChI is InChI=1S/C12H19N3O/c1-3-14-12(13)15-8-10-6-4-5-7-11(10)9-16-2/h4-7H,3,8-9H2,1-2H3,(H3,13,14,15). The second-order valence-electron chi connectivity index (χ2n) is 3.43. The summed E-state index contributed by atoms with van der Waals surface area (Å²) < 4.78 is 5.13. The van der Waals surface area contributed by atoms with Crippen molar-refractivity contribution in [3.63, 3.8) is 0 Å². The zero-order valence-electron chi connectivity index (χ0n) is 9.86. The summed E-state index contributed by atoms with van der Waals surface area (Å²) in [5.74, 6) is 0.481. The average molecular weight is 221 g/mol. The van der Waals surface area contributed by atoms with E-state index in [-0.39, 0.29) is 0 Å². The monoisotopic (exact) mass is 221 g/mol. The summed E-state index contributed by atoms with van der Waals surface area (Å²) in [4.78, 5) is 4.25. The van der Waals surface area contributed by atoms with Crippen LogP contribution < -0.4 is 11.1 Å². The molecule has 1 aromatic rings. The molecule has 0 saturated heterocycles. The van der Waals surface area contributed by atoms with Gasteiger partial charge in [0.25, 0.3) is 0 Å². The second-order valence-corrected chi connectivity index (χ2v) is 3.43. The number of guanidine groups is 1. The van der Waals surface area contributed by atoms with Crippen molar-refractivity contribution in [3.8, 4) is 0 Å². The van der Waals surface area contributed by atoms with Crippen LogP contribution in [0.4, 0.5) is 0 Å². The summed E-state index contributed by atoms with van der Waals surface area (Å²) in [5.41, 5.74) is 7.96. The lowest BCUT2D eigenvalue weighted by molar-refractivity contribution is 0.184. The largest absolute Gasteiger partial charge is 0.380 e. The van der Waals surface area contributed by atoms with Gasteiger partial charge in [0.15, 0.2) is 5.96 Å². The Morgan fingerprint density at radius 3 is 2.69 bits per heavy atom. The summed E-state index contributed by atoms with van der Waals surface area (Å²) in [6, 6.07) is 8.07. The van der Waals surface area contributed by atoms with E-state index in [1.165, 1.54) is 0 Å². The average Bonchev–Trinajstić information content (AvgIpc) is 2.29. The molecule has 1 rings (SSSR count). The number of ether oxygens (including phenoxy) is 1. The van der Waals surface area contributed by atoms with E-state index < -0.39 is 0 Å². The van der Waals surface area contributed by atoms with Crippen molar-refractivity contribution < 1.29 is 4.74 Å². The lowest BCUT2D eigenvalue weighted by atomic mass is 10.1. The predicted octanol–water partition coefficient (Wildman–Crippen LogP) is 1.26. The van der Waals surface area contributed by atoms with Gasteiger partial charge in [-0.25, -0.2) is 4.99 Å². The van der Waals surface area contributed by atoms with Crippen LogP contribution in [0.3, 0.4) is 0 Å². The third kappa shape index (κ3) is 3.90. The highest BCUT2D eigenvalue weighted by molar-refractivity contribution is 5.77. The van der Waals surface area contributed by atoms with Crippen LogP contribution in [-0.4, -0.2) is 19.6 Å². The Bertz CT molecular complexity index is 350. The highest BCUT2D eigenvalue weighted by atomic mass is 16.5. The third-order valence-corrected chi connectivity index (χ3v) is 2.20. The lowest BCUT2D eigenvalue weighted by Gasteiger charge is -2.07. The summed E-state index contributed by atoms with van der Waals surface area (Å²) in [5, 5.41) is 2.96. The number of rotatable bonds is 5. The van der Waals surface area contributed by atoms with Crippen molar-refractivity contribution in [2.75, 3.05) is 13.7 Å². The van der Waals surface area contributed by atoms with E-state index in [0.717, 1.165) is 17.7 Å². The first-order chi connectivity index (χ1) is 7.77. The van der Waals surface area contributed by atoms with E-state index in [0.29, 0.717) is 19.1 Å². The molecule has 16 heavy (non-hydrogen) atoms. The minimum Gasteiger partial charge on any atom is -0.380 e. The van der Waals surface area contributed by atoms with Crippen LogP contribution in [0.15, 0.2) is 29.3 Å². The Labute approximate surface area is 96.5 Å². The molecule has 4 heteroatoms. The zero-order chi connectivity index (χ0) is 11.8. The van der Waals surface area contributed by atoms with Crippen molar-refractivity contribution in [1.29, 1.82) is 0 Å². The van der Waals surface area contributed by atoms with Crippen LogP contribution in [0.2, 0.25) is 0 Å². The molecular weight excluding hydrogens is 202 g/mol. The number of benzene rings is 1. The van der Waals surface area contributed by atoms with Gasteiger partial charge >= 0.3 is 0 Å². The predicted molar refractivity (Wildman–Crippen MR) is 66.2 cm³/mol. The van der Waals surface area contributed by atoms with Crippen molar-refractivity contribution in [1.82, 2.24) is 5.32 Å². The Hall–Kier alpha value is -1.55. The van der Waals surface area contributed by atoms with Crippen molar-refractivity contribution in [2.45, 2.75) is 20.1 Å². The van der Waals surface area contributed by atoms with Crippen LogP contribution in [0, 0.1) is 0 Å². The van der Waals surface area contributed by atoms with Crippen molar-refractivity contribution >= 4 is 5.96 Å². The molecule has 3 N–H and O–H groups in total. The van der Waals surface area contributed by atoms with Crippen molar-refractivity contribution in [3.05, 3.63) is 35.4 Å². The Morgan fingerprint density at radius 1 is 1.38 bits per heavy atom. The first-order valence-electron chi connectivity index (χ1n) is 5.37. The molecule has 0 fully saturated rings. The van der Waals surface area contributed by atoms with Crippen LogP contribution >= 0.6 is 0 Å². The Balaban J connectivity index is 2.68. The molecule has 0 saturated carbocycles. The first kappa shape index (κ1) is 12.5. The molecule has 0 heterocycles. The fourth-order valence-corrected chi connectivity index (χ4v) is 1.42. The van der Waals surface area contributed by atoms with Gasteiger partial charge in [-0.3, -0.25) is 0 Å². The van der Waals surface area contributed by atoms with Gasteiger partial charge in [-0.05, 0) is 18.1 Å². The maximum atomic E-state index is 5.66. The molecule has 4 nitrogen and oxygen atoms in total. The molecule has 0 spiro atoms. The maximum absolute atomic E-state index is 5.66. The van der Waals surface area contributed by atoms with Crippen LogP contribution in [-0.2, 0) is 17.9 Å². The molecule has 0 unspecified atom stereocenters. The fourth-order valence-electron chi connectivity index (χ4n) is 1.42. The zero-order valence-corrected chi connectivity index (χ0v) is 9.86. The van der Waals surface area contributed by atoms with Crippen LogP contribution in [0.1, 0.15) is 18.1 Å². The number of nitrogens with two attached hydrogens (primary N) is 1. The summed E-state index contributed by atoms with van der Waals surface area (Å²) >= 11 is 0. The molecule has 0 radical (unpaired) electrons. The van der Waals surface area contributed by atoms with Gasteiger partial charge in [-0.2, -0.15) is 0 Å². The molecule has 0 aliphatic heterocycles. The number of hydrogen-bond acceptors (Lipinski definition) is 2. The maximum Gasteiger partial charge on any atom is 0.188 e. The second kappa shape index (κ2) is 6.85. The molecule has 1 aromatic carbocycles. The SMILES string of the molecule is CCNC(N)=NCc1ccccc1COC. The van der Waals surface area contributed by atoms with E-state index in [9.17, 15) is 0 Å². The number of nitrogens with zero attached hydrogens (tertiary/aromatic N) is 1. The number of methoxy groups -OCH3 is 1. The van der Waals surface area contributed by atoms with Gasteiger partial charge in [0, 0.05) is 13.7 Å². The number of aliphatic imine (C=N–C) groups is 1. The minimum atomic E-state index is 0.481. The third-order valence-electron chi connectivity index (χ3n) is 2.20. The Morgan fingerprint density at radius 2 is 2.06 bits per heavy atom. The van der Waals surface area contributed by atoms with Crippen LogP contribution in [0.5, 0.6) is 0 Å². The van der Waals surface area contributed by atoms with E-state index in [2.05, 4.69) is 10.3 Å². The molecule has 0 amide bonds. The topological polar surface area (TPSA) is 59.6 Å². The molecular formula is C12H19N3O. The Kier molecular flexibility index (Phi) is 5.36. The lowest BCUT2D eigenvalue weighted by Crippen LogP contribution is -2.31. The summed E-state index contributed by atoms with van der Waals surface area (Å²) in [7, 11) is 1.69. The smallest absolute Gasteiger partial charge is 0.188 e. The summed E-state index contributed by atoms with van der Waals surface area (Å²) in [6.45, 7) is 3.96. The quantitative estimate of drug-likeness (QED) is 0.581. The van der Waals surface area contributed by atoms with Gasteiger partial charge in [0.2, 0.25) is 0 Å². The summed E-state index contributed by atoms with van der Waals surface area (Å²) in [6.07, 6.45) is 0. The highest BCUT2D eigenvalue weighted by Crippen LogP contribution is 2.10. The van der Waals surface area contributed by atoms with E-state index in [4.69, 9.17) is 10.5 Å². The molecule has 0 bridgehead atoms. The minimum absolute atomic E-state index is 0.481. The van der Waals surface area contributed by atoms with Gasteiger partial charge < -0.3 is 15.8 Å². The normalized spacial score (nSPS) is 11.5. The molecule has 0 aliphatic carbocycles. The fraction of sp³-hybridized carbons (Fsp3) is 0.417. The highest BCUT2D eigenvalue weighted by Gasteiger charge is 2.00. The molecule has 0 aliphatic rings. The van der Waals surface area contributed by atoms with Gasteiger partial charge in [0.05, 0.1) is 13.2 Å². The molecule has 0 aromatic heterocycles. The van der Waals surface area contributed by atoms with Gasteiger partial charge in [0.1, 0.15) is 0 Å². The van der Waals surface area contributed by atoms with E-state index >= 15 is 0 Å². The van der Waals surface area contributed by atoms with Crippen molar-refractivity contribution in [2.24, 2.45) is 10.7 Å². The van der Waals surface area contributed by atoms with Crippen LogP contribution in [0.25, 0.3) is 0 Å².